The molecule has 0 aliphatic heterocycles. The average molecular weight is 252 g/mol. The van der Waals surface area contributed by atoms with Crippen LogP contribution in [0, 0.1) is 0 Å². The van der Waals surface area contributed by atoms with Gasteiger partial charge in [0.05, 0.1) is 12.2 Å². The summed E-state index contributed by atoms with van der Waals surface area (Å²) in [7, 11) is 0. The van der Waals surface area contributed by atoms with Crippen LogP contribution in [0.15, 0.2) is 23.1 Å². The first-order valence-electron chi connectivity index (χ1n) is 5.42. The number of ether oxygens (including phenoxy) is 1. The van der Waals surface area contributed by atoms with E-state index in [1.165, 1.54) is 0 Å². The molecule has 0 aromatic heterocycles. The number of benzene rings is 1. The highest BCUT2D eigenvalue weighted by Crippen LogP contribution is 2.22. The maximum absolute atomic E-state index is 11.6. The van der Waals surface area contributed by atoms with Crippen molar-refractivity contribution in [3.63, 3.8) is 0 Å². The Hall–Kier alpha value is -1.29. The summed E-state index contributed by atoms with van der Waals surface area (Å²) in [4.78, 5) is 23.8. The van der Waals surface area contributed by atoms with Crippen LogP contribution in [0.5, 0.6) is 0 Å². The first-order valence-corrected chi connectivity index (χ1v) is 6.64. The van der Waals surface area contributed by atoms with Gasteiger partial charge in [-0.25, -0.2) is 4.79 Å². The number of Topliss-reactive ketones (excluding diaryl/α,β-unsaturated/α-hetero) is 1. The van der Waals surface area contributed by atoms with Gasteiger partial charge in [-0.3, -0.25) is 4.79 Å². The zero-order chi connectivity index (χ0) is 12.8. The van der Waals surface area contributed by atoms with E-state index in [0.29, 0.717) is 18.6 Å². The van der Waals surface area contributed by atoms with Crippen LogP contribution < -0.4 is 0 Å². The largest absolute Gasteiger partial charge is 0.462 e. The fourth-order valence-corrected chi connectivity index (χ4v) is 2.12. The Labute approximate surface area is 106 Å². The van der Waals surface area contributed by atoms with Gasteiger partial charge in [0.1, 0.15) is 5.78 Å². The summed E-state index contributed by atoms with van der Waals surface area (Å²) >= 11 is 1.57. The molecule has 0 heterocycles. The Morgan fingerprint density at radius 3 is 2.59 bits per heavy atom. The third-order valence-electron chi connectivity index (χ3n) is 2.23. The maximum atomic E-state index is 11.6. The van der Waals surface area contributed by atoms with E-state index >= 15 is 0 Å². The van der Waals surface area contributed by atoms with E-state index in [9.17, 15) is 9.59 Å². The Morgan fingerprint density at radius 1 is 1.35 bits per heavy atom. The predicted octanol–water partition coefficient (Wildman–Crippen LogP) is 2.72. The summed E-state index contributed by atoms with van der Waals surface area (Å²) in [5.74, 6) is -0.258. The van der Waals surface area contributed by atoms with Crippen LogP contribution in [0.2, 0.25) is 0 Å². The standard InChI is InChI=1S/C13H16O3S/c1-4-16-13(15)10-5-6-12(17-3)11(8-10)7-9(2)14/h5-6,8H,4,7H2,1-3H3. The summed E-state index contributed by atoms with van der Waals surface area (Å²) in [6, 6.07) is 5.33. The Morgan fingerprint density at radius 2 is 2.06 bits per heavy atom. The van der Waals surface area contributed by atoms with E-state index in [4.69, 9.17) is 4.74 Å². The van der Waals surface area contributed by atoms with Crippen molar-refractivity contribution in [1.29, 1.82) is 0 Å². The number of esters is 1. The van der Waals surface area contributed by atoms with Crippen molar-refractivity contribution in [2.24, 2.45) is 0 Å². The van der Waals surface area contributed by atoms with Crippen LogP contribution in [0.4, 0.5) is 0 Å². The minimum Gasteiger partial charge on any atom is -0.462 e. The molecular formula is C13H16O3S. The van der Waals surface area contributed by atoms with E-state index < -0.39 is 0 Å². The van der Waals surface area contributed by atoms with Crippen molar-refractivity contribution in [3.8, 4) is 0 Å². The highest BCUT2D eigenvalue weighted by atomic mass is 32.2. The molecule has 0 fully saturated rings. The second-order valence-electron chi connectivity index (χ2n) is 3.63. The molecule has 1 aromatic rings. The monoisotopic (exact) mass is 252 g/mol. The molecule has 0 atom stereocenters. The van der Waals surface area contributed by atoms with Gasteiger partial charge in [0.15, 0.2) is 0 Å². The summed E-state index contributed by atoms with van der Waals surface area (Å²) in [6.45, 7) is 3.66. The molecule has 1 aromatic carbocycles. The summed E-state index contributed by atoms with van der Waals surface area (Å²) in [6.07, 6.45) is 2.30. The van der Waals surface area contributed by atoms with Crippen LogP contribution in [0.25, 0.3) is 0 Å². The van der Waals surface area contributed by atoms with Crippen molar-refractivity contribution in [1.82, 2.24) is 0 Å². The molecular weight excluding hydrogens is 236 g/mol. The fourth-order valence-electron chi connectivity index (χ4n) is 1.53. The number of hydrogen-bond acceptors (Lipinski definition) is 4. The smallest absolute Gasteiger partial charge is 0.338 e. The van der Waals surface area contributed by atoms with Gasteiger partial charge in [-0.05, 0) is 43.9 Å². The van der Waals surface area contributed by atoms with Gasteiger partial charge in [0.2, 0.25) is 0 Å². The number of ketones is 1. The van der Waals surface area contributed by atoms with Gasteiger partial charge in [0.25, 0.3) is 0 Å². The third-order valence-corrected chi connectivity index (χ3v) is 3.07. The van der Waals surface area contributed by atoms with E-state index in [1.54, 1.807) is 37.7 Å². The topological polar surface area (TPSA) is 43.4 Å². The number of carbonyl (C=O) groups excluding carboxylic acids is 2. The van der Waals surface area contributed by atoms with E-state index in [-0.39, 0.29) is 11.8 Å². The van der Waals surface area contributed by atoms with Crippen molar-refractivity contribution in [3.05, 3.63) is 29.3 Å². The van der Waals surface area contributed by atoms with Crippen molar-refractivity contribution >= 4 is 23.5 Å². The first-order chi connectivity index (χ1) is 8.08. The fraction of sp³-hybridized carbons (Fsp3) is 0.385. The van der Waals surface area contributed by atoms with Crippen LogP contribution in [0.1, 0.15) is 29.8 Å². The normalized spacial score (nSPS) is 10.1. The van der Waals surface area contributed by atoms with Gasteiger partial charge >= 0.3 is 5.97 Å². The molecule has 0 amide bonds. The van der Waals surface area contributed by atoms with Gasteiger partial charge in [-0.1, -0.05) is 0 Å². The summed E-state index contributed by atoms with van der Waals surface area (Å²) in [5.41, 5.74) is 1.39. The summed E-state index contributed by atoms with van der Waals surface area (Å²) < 4.78 is 4.93. The molecule has 0 bridgehead atoms. The molecule has 0 radical (unpaired) electrons. The molecule has 0 aliphatic carbocycles. The van der Waals surface area contributed by atoms with Crippen LogP contribution in [-0.2, 0) is 16.0 Å². The van der Waals surface area contributed by atoms with Gasteiger partial charge in [0, 0.05) is 11.3 Å². The lowest BCUT2D eigenvalue weighted by Gasteiger charge is -2.08. The first kappa shape index (κ1) is 13.8. The second-order valence-corrected chi connectivity index (χ2v) is 4.47. The second kappa shape index (κ2) is 6.45. The van der Waals surface area contributed by atoms with E-state index in [1.807, 2.05) is 12.3 Å². The van der Waals surface area contributed by atoms with E-state index in [2.05, 4.69) is 0 Å². The predicted molar refractivity (Wildman–Crippen MR) is 68.6 cm³/mol. The quantitative estimate of drug-likeness (QED) is 0.597. The SMILES string of the molecule is CCOC(=O)c1ccc(SC)c(CC(C)=O)c1. The van der Waals surface area contributed by atoms with Gasteiger partial charge in [-0.2, -0.15) is 0 Å². The third kappa shape index (κ3) is 3.89. The number of thioether (sulfide) groups is 1. The molecule has 92 valence electrons. The Balaban J connectivity index is 3.03. The number of hydrogen-bond donors (Lipinski definition) is 0. The molecule has 0 aliphatic rings. The molecule has 4 heteroatoms. The molecule has 0 N–H and O–H groups in total. The summed E-state index contributed by atoms with van der Waals surface area (Å²) in [5, 5.41) is 0. The molecule has 0 saturated carbocycles. The Bertz CT molecular complexity index is 427. The minimum absolute atomic E-state index is 0.0845. The van der Waals surface area contributed by atoms with Crippen molar-refractivity contribution < 1.29 is 14.3 Å². The molecule has 17 heavy (non-hydrogen) atoms. The van der Waals surface area contributed by atoms with Crippen LogP contribution in [-0.4, -0.2) is 24.6 Å². The molecule has 0 spiro atoms. The highest BCUT2D eigenvalue weighted by Gasteiger charge is 2.11. The molecule has 0 unspecified atom stereocenters. The zero-order valence-electron chi connectivity index (χ0n) is 10.3. The lowest BCUT2D eigenvalue weighted by molar-refractivity contribution is -0.116. The number of rotatable bonds is 5. The van der Waals surface area contributed by atoms with Crippen molar-refractivity contribution in [2.75, 3.05) is 12.9 Å². The van der Waals surface area contributed by atoms with Crippen molar-refractivity contribution in [2.45, 2.75) is 25.2 Å². The zero-order valence-corrected chi connectivity index (χ0v) is 11.1. The molecule has 0 saturated heterocycles. The maximum Gasteiger partial charge on any atom is 0.338 e. The Kier molecular flexibility index (Phi) is 5.22. The minimum atomic E-state index is -0.343. The van der Waals surface area contributed by atoms with E-state index in [0.717, 1.165) is 10.5 Å². The number of carbonyl (C=O) groups is 2. The lowest BCUT2D eigenvalue weighted by atomic mass is 10.1. The highest BCUT2D eigenvalue weighted by molar-refractivity contribution is 7.98. The van der Waals surface area contributed by atoms with Gasteiger partial charge < -0.3 is 4.74 Å². The van der Waals surface area contributed by atoms with Gasteiger partial charge in [-0.15, -0.1) is 11.8 Å². The molecule has 1 rings (SSSR count). The average Bonchev–Trinajstić information content (AvgIpc) is 2.28. The molecule has 3 nitrogen and oxygen atoms in total. The lowest BCUT2D eigenvalue weighted by Crippen LogP contribution is -2.06. The van der Waals surface area contributed by atoms with Crippen LogP contribution in [0.3, 0.4) is 0 Å². The van der Waals surface area contributed by atoms with Crippen LogP contribution >= 0.6 is 11.8 Å².